The quantitative estimate of drug-likeness (QED) is 0.391. The van der Waals surface area contributed by atoms with E-state index in [-0.39, 0.29) is 5.97 Å². The second kappa shape index (κ2) is 11.6. The Bertz CT molecular complexity index is 179. The molecule has 0 saturated heterocycles. The SMILES string of the molecule is CC=CC(=O)OCC(C)CC.OP(O)O. The third-order valence-corrected chi connectivity index (χ3v) is 1.51. The van der Waals surface area contributed by atoms with Crippen LogP contribution in [0.2, 0.25) is 0 Å². The molecule has 6 heteroatoms. The van der Waals surface area contributed by atoms with Gasteiger partial charge in [0, 0.05) is 6.08 Å². The molecule has 0 aromatic rings. The third kappa shape index (κ3) is 19.8. The van der Waals surface area contributed by atoms with E-state index in [9.17, 15) is 4.79 Å². The second-order valence-corrected chi connectivity index (χ2v) is 3.45. The van der Waals surface area contributed by atoms with Crippen LogP contribution in [-0.2, 0) is 9.53 Å². The zero-order valence-corrected chi connectivity index (χ0v) is 10.1. The van der Waals surface area contributed by atoms with E-state index in [2.05, 4.69) is 13.8 Å². The number of carbonyl (C=O) groups is 1. The molecule has 0 aliphatic heterocycles. The Balaban J connectivity index is 0. The molecule has 1 atom stereocenters. The lowest BCUT2D eigenvalue weighted by atomic mass is 10.1. The summed E-state index contributed by atoms with van der Waals surface area (Å²) in [5.41, 5.74) is 0. The van der Waals surface area contributed by atoms with Crippen molar-refractivity contribution in [2.75, 3.05) is 6.61 Å². The normalized spacial score (nSPS) is 12.2. The van der Waals surface area contributed by atoms with E-state index in [0.29, 0.717) is 12.5 Å². The van der Waals surface area contributed by atoms with E-state index >= 15 is 0 Å². The number of allylic oxidation sites excluding steroid dienone is 1. The molecule has 0 aliphatic rings. The van der Waals surface area contributed by atoms with E-state index in [1.807, 2.05) is 0 Å². The first-order valence-electron chi connectivity index (χ1n) is 4.60. The Hall–Kier alpha value is -0.480. The largest absolute Gasteiger partial charge is 0.462 e. The minimum absolute atomic E-state index is 0.243. The minimum Gasteiger partial charge on any atom is -0.462 e. The van der Waals surface area contributed by atoms with Gasteiger partial charge in [0.15, 0.2) is 0 Å². The molecule has 0 aromatic carbocycles. The van der Waals surface area contributed by atoms with E-state index in [1.54, 1.807) is 13.0 Å². The van der Waals surface area contributed by atoms with E-state index in [1.165, 1.54) is 6.08 Å². The monoisotopic (exact) mass is 238 g/mol. The lowest BCUT2D eigenvalue weighted by Gasteiger charge is -2.06. The van der Waals surface area contributed by atoms with Crippen LogP contribution in [0.1, 0.15) is 27.2 Å². The van der Waals surface area contributed by atoms with Gasteiger partial charge >= 0.3 is 14.6 Å². The molecule has 0 fully saturated rings. The molecular weight excluding hydrogens is 219 g/mol. The van der Waals surface area contributed by atoms with Crippen molar-refractivity contribution in [2.45, 2.75) is 27.2 Å². The van der Waals surface area contributed by atoms with Crippen molar-refractivity contribution in [2.24, 2.45) is 5.92 Å². The van der Waals surface area contributed by atoms with Crippen LogP contribution in [0.3, 0.4) is 0 Å². The van der Waals surface area contributed by atoms with Crippen molar-refractivity contribution < 1.29 is 24.2 Å². The van der Waals surface area contributed by atoms with Gasteiger partial charge in [0.1, 0.15) is 0 Å². The highest BCUT2D eigenvalue weighted by molar-refractivity contribution is 7.38. The van der Waals surface area contributed by atoms with Crippen LogP contribution in [0.15, 0.2) is 12.2 Å². The van der Waals surface area contributed by atoms with Crippen LogP contribution in [0.25, 0.3) is 0 Å². The molecule has 1 unspecified atom stereocenters. The van der Waals surface area contributed by atoms with Gasteiger partial charge in [-0.15, -0.1) is 0 Å². The Labute approximate surface area is 91.4 Å². The van der Waals surface area contributed by atoms with Crippen LogP contribution in [0.4, 0.5) is 0 Å². The van der Waals surface area contributed by atoms with Crippen molar-refractivity contribution in [1.29, 1.82) is 0 Å². The number of carbonyl (C=O) groups excluding carboxylic acids is 1. The van der Waals surface area contributed by atoms with Gasteiger partial charge in [-0.1, -0.05) is 26.3 Å². The number of hydrogen-bond donors (Lipinski definition) is 3. The number of esters is 1. The molecule has 90 valence electrons. The maximum absolute atomic E-state index is 10.8. The first-order valence-corrected chi connectivity index (χ1v) is 5.80. The Morgan fingerprint density at radius 1 is 1.47 bits per heavy atom. The van der Waals surface area contributed by atoms with Gasteiger partial charge in [-0.25, -0.2) is 4.79 Å². The highest BCUT2D eigenvalue weighted by atomic mass is 31.2. The van der Waals surface area contributed by atoms with Gasteiger partial charge in [-0.05, 0) is 12.8 Å². The summed E-state index contributed by atoms with van der Waals surface area (Å²) in [4.78, 5) is 32.4. The van der Waals surface area contributed by atoms with Crippen LogP contribution < -0.4 is 0 Å². The summed E-state index contributed by atoms with van der Waals surface area (Å²) < 4.78 is 4.91. The second-order valence-electron chi connectivity index (χ2n) is 2.91. The molecule has 0 aliphatic carbocycles. The topological polar surface area (TPSA) is 87.0 Å². The smallest absolute Gasteiger partial charge is 0.330 e. The van der Waals surface area contributed by atoms with E-state index < -0.39 is 8.60 Å². The first-order chi connectivity index (χ1) is 6.93. The fourth-order valence-electron chi connectivity index (χ4n) is 0.526. The van der Waals surface area contributed by atoms with E-state index in [4.69, 9.17) is 19.4 Å². The predicted molar refractivity (Wildman–Crippen MR) is 58.8 cm³/mol. The van der Waals surface area contributed by atoms with Gasteiger partial charge in [0.25, 0.3) is 0 Å². The van der Waals surface area contributed by atoms with Crippen molar-refractivity contribution in [1.82, 2.24) is 0 Å². The molecule has 3 N–H and O–H groups in total. The summed E-state index contributed by atoms with van der Waals surface area (Å²) >= 11 is 0. The van der Waals surface area contributed by atoms with Crippen LogP contribution in [0, 0.1) is 5.92 Å². The van der Waals surface area contributed by atoms with Gasteiger partial charge in [-0.2, -0.15) is 0 Å². The summed E-state index contributed by atoms with van der Waals surface area (Å²) in [6.45, 7) is 6.46. The third-order valence-electron chi connectivity index (χ3n) is 1.51. The lowest BCUT2D eigenvalue weighted by molar-refractivity contribution is -0.138. The average Bonchev–Trinajstić information content (AvgIpc) is 2.14. The molecule has 0 spiro atoms. The average molecular weight is 238 g/mol. The zero-order chi connectivity index (χ0) is 12.3. The Morgan fingerprint density at radius 2 is 1.93 bits per heavy atom. The van der Waals surface area contributed by atoms with Crippen LogP contribution >= 0.6 is 8.60 Å². The van der Waals surface area contributed by atoms with Gasteiger partial charge in [0.05, 0.1) is 6.61 Å². The number of ether oxygens (including phenoxy) is 1. The van der Waals surface area contributed by atoms with Gasteiger partial charge in [0.2, 0.25) is 0 Å². The fraction of sp³-hybridized carbons (Fsp3) is 0.667. The van der Waals surface area contributed by atoms with Crippen LogP contribution in [0.5, 0.6) is 0 Å². The predicted octanol–water partition coefficient (Wildman–Crippen LogP) is 1.34. The standard InChI is InChI=1S/C9H16O2.H3O3P/c1-4-6-9(10)11-7-8(3)5-2;1-4(2)3/h4,6,8H,5,7H2,1-3H3;1-3H. The summed E-state index contributed by atoms with van der Waals surface area (Å²) in [5, 5.41) is 0. The Morgan fingerprint density at radius 3 is 2.27 bits per heavy atom. The zero-order valence-electron chi connectivity index (χ0n) is 9.25. The lowest BCUT2D eigenvalue weighted by Crippen LogP contribution is -2.08. The molecule has 0 bridgehead atoms. The summed E-state index contributed by atoms with van der Waals surface area (Å²) in [6, 6.07) is 0. The van der Waals surface area contributed by atoms with Crippen molar-refractivity contribution >= 4 is 14.6 Å². The fourth-order valence-corrected chi connectivity index (χ4v) is 0.526. The molecule has 0 amide bonds. The van der Waals surface area contributed by atoms with Gasteiger partial charge < -0.3 is 19.4 Å². The molecule has 5 nitrogen and oxygen atoms in total. The number of rotatable bonds is 4. The summed E-state index contributed by atoms with van der Waals surface area (Å²) in [5.74, 6) is 0.219. The Kier molecular flexibility index (Phi) is 13.1. The first kappa shape index (κ1) is 16.9. The number of hydrogen-bond acceptors (Lipinski definition) is 5. The molecule has 0 aromatic heterocycles. The van der Waals surface area contributed by atoms with Crippen molar-refractivity contribution in [3.63, 3.8) is 0 Å². The molecule has 15 heavy (non-hydrogen) atoms. The van der Waals surface area contributed by atoms with Gasteiger partial charge in [-0.3, -0.25) is 0 Å². The van der Waals surface area contributed by atoms with Crippen LogP contribution in [-0.4, -0.2) is 27.3 Å². The van der Waals surface area contributed by atoms with Crippen molar-refractivity contribution in [3.8, 4) is 0 Å². The molecular formula is C9H19O5P. The van der Waals surface area contributed by atoms with Crippen molar-refractivity contribution in [3.05, 3.63) is 12.2 Å². The minimum atomic E-state index is -2.62. The maximum Gasteiger partial charge on any atom is 0.330 e. The molecule has 0 radical (unpaired) electrons. The highest BCUT2D eigenvalue weighted by Gasteiger charge is 2.01. The maximum atomic E-state index is 10.8. The molecule has 0 saturated carbocycles. The molecule has 0 heterocycles. The summed E-state index contributed by atoms with van der Waals surface area (Å²) in [6.07, 6.45) is 4.16. The van der Waals surface area contributed by atoms with E-state index in [0.717, 1.165) is 6.42 Å². The highest BCUT2D eigenvalue weighted by Crippen LogP contribution is 2.11. The molecule has 0 rings (SSSR count). The summed E-state index contributed by atoms with van der Waals surface area (Å²) in [7, 11) is -2.62.